The number of aromatic amines is 1. The van der Waals surface area contributed by atoms with Gasteiger partial charge in [0.15, 0.2) is 5.82 Å². The van der Waals surface area contributed by atoms with Crippen LogP contribution in [0.25, 0.3) is 11.4 Å². The predicted octanol–water partition coefficient (Wildman–Crippen LogP) is 2.99. The maximum atomic E-state index is 12.2. The van der Waals surface area contributed by atoms with Crippen molar-refractivity contribution in [1.29, 1.82) is 0 Å². The van der Waals surface area contributed by atoms with E-state index in [1.54, 1.807) is 4.90 Å². The molecule has 2 aromatic rings. The summed E-state index contributed by atoms with van der Waals surface area (Å²) in [5, 5.41) is 7.63. The van der Waals surface area contributed by atoms with Crippen molar-refractivity contribution < 1.29 is 4.79 Å². The van der Waals surface area contributed by atoms with Gasteiger partial charge in [0.05, 0.1) is 5.75 Å². The number of carbonyl (C=O) groups excluding carboxylic acids is 1. The van der Waals surface area contributed by atoms with Crippen LogP contribution < -0.4 is 0 Å². The van der Waals surface area contributed by atoms with Crippen molar-refractivity contribution in [2.45, 2.75) is 19.0 Å². The van der Waals surface area contributed by atoms with Gasteiger partial charge in [-0.05, 0) is 13.8 Å². The van der Waals surface area contributed by atoms with Crippen LogP contribution in [0.5, 0.6) is 0 Å². The van der Waals surface area contributed by atoms with Crippen molar-refractivity contribution in [3.05, 3.63) is 42.5 Å². The average Bonchev–Trinajstić information content (AvgIpc) is 3.00. The molecule has 1 aromatic heterocycles. The van der Waals surface area contributed by atoms with Crippen LogP contribution in [0, 0.1) is 0 Å². The topological polar surface area (TPSA) is 61.9 Å². The summed E-state index contributed by atoms with van der Waals surface area (Å²) in [6, 6.07) is 9.78. The van der Waals surface area contributed by atoms with E-state index in [0.29, 0.717) is 29.8 Å². The van der Waals surface area contributed by atoms with Crippen molar-refractivity contribution in [2.24, 2.45) is 0 Å². The number of nitrogens with one attached hydrogen (secondary N) is 1. The normalized spacial score (nSPS) is 10.5. The van der Waals surface area contributed by atoms with Gasteiger partial charge >= 0.3 is 0 Å². The maximum Gasteiger partial charge on any atom is 0.233 e. The average molecular weight is 316 g/mol. The van der Waals surface area contributed by atoms with E-state index in [9.17, 15) is 4.79 Å². The monoisotopic (exact) mass is 316 g/mol. The molecule has 0 bridgehead atoms. The molecule has 116 valence electrons. The number of nitrogens with zero attached hydrogens (tertiary/aromatic N) is 3. The molecule has 22 heavy (non-hydrogen) atoms. The van der Waals surface area contributed by atoms with E-state index in [1.165, 1.54) is 11.8 Å². The Kier molecular flexibility index (Phi) is 5.77. The minimum absolute atomic E-state index is 0.0709. The van der Waals surface area contributed by atoms with Gasteiger partial charge in [-0.2, -0.15) is 0 Å². The number of carbonyl (C=O) groups is 1. The minimum Gasteiger partial charge on any atom is -0.338 e. The van der Waals surface area contributed by atoms with E-state index >= 15 is 0 Å². The zero-order chi connectivity index (χ0) is 15.9. The fourth-order valence-electron chi connectivity index (χ4n) is 1.96. The minimum atomic E-state index is 0.0709. The van der Waals surface area contributed by atoms with Crippen LogP contribution in [0.2, 0.25) is 0 Å². The van der Waals surface area contributed by atoms with Crippen LogP contribution >= 0.6 is 11.8 Å². The second-order valence-corrected chi connectivity index (χ2v) is 5.93. The van der Waals surface area contributed by atoms with Crippen molar-refractivity contribution in [1.82, 2.24) is 20.1 Å². The number of rotatable bonds is 7. The largest absolute Gasteiger partial charge is 0.338 e. The van der Waals surface area contributed by atoms with Crippen LogP contribution in [0.3, 0.4) is 0 Å². The molecule has 0 spiro atoms. The summed E-state index contributed by atoms with van der Waals surface area (Å²) >= 11 is 1.34. The SMILES string of the molecule is C=C(C)CN(CC)C(=O)CSc1n[nH]c(-c2ccccc2)n1. The molecule has 1 heterocycles. The highest BCUT2D eigenvalue weighted by atomic mass is 32.2. The number of benzene rings is 1. The molecule has 0 radical (unpaired) electrons. The van der Waals surface area contributed by atoms with Gasteiger partial charge in [0, 0.05) is 18.7 Å². The van der Waals surface area contributed by atoms with Crippen LogP contribution in [-0.2, 0) is 4.79 Å². The second-order valence-electron chi connectivity index (χ2n) is 4.99. The molecular formula is C16H20N4OS. The lowest BCUT2D eigenvalue weighted by molar-refractivity contribution is -0.127. The molecule has 0 aliphatic carbocycles. The van der Waals surface area contributed by atoms with E-state index in [2.05, 4.69) is 21.8 Å². The first-order chi connectivity index (χ1) is 10.6. The highest BCUT2D eigenvalue weighted by Crippen LogP contribution is 2.19. The molecule has 1 amide bonds. The zero-order valence-corrected chi connectivity index (χ0v) is 13.7. The molecule has 2 rings (SSSR count). The highest BCUT2D eigenvalue weighted by Gasteiger charge is 2.14. The van der Waals surface area contributed by atoms with Gasteiger partial charge < -0.3 is 4.90 Å². The number of H-pyrrole nitrogens is 1. The van der Waals surface area contributed by atoms with E-state index in [-0.39, 0.29) is 5.91 Å². The molecular weight excluding hydrogens is 296 g/mol. The van der Waals surface area contributed by atoms with Crippen molar-refractivity contribution in [3.63, 3.8) is 0 Å². The third-order valence-corrected chi connectivity index (χ3v) is 3.86. The number of hydrogen-bond acceptors (Lipinski definition) is 4. The molecule has 1 N–H and O–H groups in total. The lowest BCUT2D eigenvalue weighted by Gasteiger charge is -2.20. The number of hydrogen-bond donors (Lipinski definition) is 1. The van der Waals surface area contributed by atoms with Crippen molar-refractivity contribution >= 4 is 17.7 Å². The number of aromatic nitrogens is 3. The first-order valence-corrected chi connectivity index (χ1v) is 8.11. The Balaban J connectivity index is 1.93. The summed E-state index contributed by atoms with van der Waals surface area (Å²) in [6.07, 6.45) is 0. The highest BCUT2D eigenvalue weighted by molar-refractivity contribution is 7.99. The molecule has 0 atom stereocenters. The Morgan fingerprint density at radius 1 is 1.36 bits per heavy atom. The predicted molar refractivity (Wildman–Crippen MR) is 89.6 cm³/mol. The third kappa shape index (κ3) is 4.46. The molecule has 0 aliphatic heterocycles. The molecule has 0 saturated heterocycles. The van der Waals surface area contributed by atoms with Gasteiger partial charge in [-0.1, -0.05) is 54.2 Å². The van der Waals surface area contributed by atoms with E-state index in [4.69, 9.17) is 0 Å². The Morgan fingerprint density at radius 2 is 2.09 bits per heavy atom. The van der Waals surface area contributed by atoms with Crippen LogP contribution in [0.15, 0.2) is 47.6 Å². The molecule has 5 nitrogen and oxygen atoms in total. The molecule has 0 fully saturated rings. The molecule has 1 aromatic carbocycles. The Morgan fingerprint density at radius 3 is 2.73 bits per heavy atom. The van der Waals surface area contributed by atoms with Crippen LogP contribution in [-0.4, -0.2) is 44.8 Å². The van der Waals surface area contributed by atoms with Gasteiger partial charge in [-0.25, -0.2) is 4.98 Å². The fourth-order valence-corrected chi connectivity index (χ4v) is 2.66. The van der Waals surface area contributed by atoms with Crippen LogP contribution in [0.4, 0.5) is 0 Å². The summed E-state index contributed by atoms with van der Waals surface area (Å²) in [7, 11) is 0. The Labute approximate surface area is 134 Å². The smallest absolute Gasteiger partial charge is 0.233 e. The summed E-state index contributed by atoms with van der Waals surface area (Å²) in [5.41, 5.74) is 1.95. The zero-order valence-electron chi connectivity index (χ0n) is 12.9. The summed E-state index contributed by atoms with van der Waals surface area (Å²) in [6.45, 7) is 9.01. The standard InChI is InChI=1S/C16H20N4OS/c1-4-20(10-12(2)3)14(21)11-22-16-17-15(18-19-16)13-8-6-5-7-9-13/h5-9H,2,4,10-11H2,1,3H3,(H,17,18,19). The summed E-state index contributed by atoms with van der Waals surface area (Å²) in [4.78, 5) is 18.3. The van der Waals surface area contributed by atoms with Crippen molar-refractivity contribution in [3.8, 4) is 11.4 Å². The van der Waals surface area contributed by atoms with Gasteiger partial charge in [0.25, 0.3) is 0 Å². The fraction of sp³-hybridized carbons (Fsp3) is 0.312. The number of thioether (sulfide) groups is 1. The maximum absolute atomic E-state index is 12.2. The van der Waals surface area contributed by atoms with Gasteiger partial charge in [0.1, 0.15) is 0 Å². The van der Waals surface area contributed by atoms with E-state index in [1.807, 2.05) is 44.2 Å². The first kappa shape index (κ1) is 16.3. The number of amides is 1. The molecule has 6 heteroatoms. The summed E-state index contributed by atoms with van der Waals surface area (Å²) < 4.78 is 0. The third-order valence-electron chi connectivity index (χ3n) is 3.03. The van der Waals surface area contributed by atoms with Crippen molar-refractivity contribution in [2.75, 3.05) is 18.8 Å². The summed E-state index contributed by atoms with van der Waals surface area (Å²) in [5.74, 6) is 1.11. The van der Waals surface area contributed by atoms with Gasteiger partial charge in [-0.3, -0.25) is 9.89 Å². The second kappa shape index (κ2) is 7.79. The Bertz CT molecular complexity index is 639. The lowest BCUT2D eigenvalue weighted by Crippen LogP contribution is -2.33. The quantitative estimate of drug-likeness (QED) is 0.630. The Hall–Kier alpha value is -2.08. The first-order valence-electron chi connectivity index (χ1n) is 7.13. The molecule has 0 saturated carbocycles. The molecule has 0 aliphatic rings. The van der Waals surface area contributed by atoms with Crippen LogP contribution in [0.1, 0.15) is 13.8 Å². The van der Waals surface area contributed by atoms with Gasteiger partial charge in [-0.15, -0.1) is 5.10 Å². The molecule has 0 unspecified atom stereocenters. The van der Waals surface area contributed by atoms with E-state index in [0.717, 1.165) is 11.1 Å². The van der Waals surface area contributed by atoms with Gasteiger partial charge in [0.2, 0.25) is 11.1 Å². The number of likely N-dealkylation sites (N-methyl/N-ethyl adjacent to an activating group) is 1. The lowest BCUT2D eigenvalue weighted by atomic mass is 10.2. The van der Waals surface area contributed by atoms with E-state index < -0.39 is 0 Å².